The molecule has 1 saturated heterocycles. The van der Waals surface area contributed by atoms with Crippen LogP contribution in [0.25, 0.3) is 0 Å². The third-order valence-corrected chi connectivity index (χ3v) is 4.85. The SMILES string of the molecule is CN=C(NCCc1ccc(F)cc1Cl)NC1CCN(c2ncccc2F)C1. The predicted octanol–water partition coefficient (Wildman–Crippen LogP) is 3.00. The summed E-state index contributed by atoms with van der Waals surface area (Å²) in [7, 11) is 1.70. The topological polar surface area (TPSA) is 52.6 Å². The minimum Gasteiger partial charge on any atom is -0.356 e. The zero-order valence-corrected chi connectivity index (χ0v) is 15.8. The lowest BCUT2D eigenvalue weighted by molar-refractivity contribution is 0.612. The summed E-state index contributed by atoms with van der Waals surface area (Å²) in [4.78, 5) is 10.3. The minimum absolute atomic E-state index is 0.145. The quantitative estimate of drug-likeness (QED) is 0.605. The van der Waals surface area contributed by atoms with Gasteiger partial charge in [0, 0.05) is 43.9 Å². The summed E-state index contributed by atoms with van der Waals surface area (Å²) in [6, 6.07) is 7.55. The Morgan fingerprint density at radius 1 is 1.37 bits per heavy atom. The molecule has 1 aliphatic heterocycles. The Kier molecular flexibility index (Phi) is 6.45. The van der Waals surface area contributed by atoms with Crippen LogP contribution in [0.5, 0.6) is 0 Å². The number of rotatable bonds is 5. The van der Waals surface area contributed by atoms with Gasteiger partial charge in [-0.3, -0.25) is 4.99 Å². The first-order valence-corrected chi connectivity index (χ1v) is 9.21. The summed E-state index contributed by atoms with van der Waals surface area (Å²) in [5.74, 6) is 0.401. The lowest BCUT2D eigenvalue weighted by Crippen LogP contribution is -2.45. The van der Waals surface area contributed by atoms with Crippen molar-refractivity contribution in [3.05, 3.63) is 58.7 Å². The summed E-state index contributed by atoms with van der Waals surface area (Å²) in [6.07, 6.45) is 3.11. The van der Waals surface area contributed by atoms with Gasteiger partial charge in [-0.2, -0.15) is 0 Å². The van der Waals surface area contributed by atoms with Crippen LogP contribution in [0, 0.1) is 11.6 Å². The van der Waals surface area contributed by atoms with Crippen molar-refractivity contribution >= 4 is 23.4 Å². The van der Waals surface area contributed by atoms with Crippen molar-refractivity contribution in [2.75, 3.05) is 31.6 Å². The van der Waals surface area contributed by atoms with Gasteiger partial charge in [-0.05, 0) is 42.7 Å². The number of nitrogens with zero attached hydrogens (tertiary/aromatic N) is 3. The number of hydrogen-bond donors (Lipinski definition) is 2. The molecule has 0 saturated carbocycles. The van der Waals surface area contributed by atoms with Crippen molar-refractivity contribution in [3.63, 3.8) is 0 Å². The van der Waals surface area contributed by atoms with Gasteiger partial charge in [0.25, 0.3) is 0 Å². The fraction of sp³-hybridized carbons (Fsp3) is 0.368. The zero-order valence-electron chi connectivity index (χ0n) is 15.1. The molecule has 0 spiro atoms. The molecule has 1 aliphatic rings. The Balaban J connectivity index is 1.49. The largest absolute Gasteiger partial charge is 0.356 e. The molecule has 1 aromatic carbocycles. The van der Waals surface area contributed by atoms with Crippen LogP contribution >= 0.6 is 11.6 Å². The molecule has 2 heterocycles. The number of aromatic nitrogens is 1. The number of halogens is 3. The number of pyridine rings is 1. The molecule has 1 aromatic heterocycles. The molecule has 5 nitrogen and oxygen atoms in total. The van der Waals surface area contributed by atoms with E-state index < -0.39 is 0 Å². The lowest BCUT2D eigenvalue weighted by atomic mass is 10.1. The third-order valence-electron chi connectivity index (χ3n) is 4.49. The van der Waals surface area contributed by atoms with Crippen LogP contribution in [0.15, 0.2) is 41.5 Å². The number of anilines is 1. The molecule has 0 amide bonds. The van der Waals surface area contributed by atoms with Crippen molar-refractivity contribution in [1.29, 1.82) is 0 Å². The Hall–Kier alpha value is -2.41. The summed E-state index contributed by atoms with van der Waals surface area (Å²) in [6.45, 7) is 1.99. The molecule has 0 aliphatic carbocycles. The third kappa shape index (κ3) is 5.07. The monoisotopic (exact) mass is 393 g/mol. The average molecular weight is 394 g/mol. The van der Waals surface area contributed by atoms with E-state index in [1.165, 1.54) is 18.2 Å². The van der Waals surface area contributed by atoms with Gasteiger partial charge >= 0.3 is 0 Å². The van der Waals surface area contributed by atoms with E-state index in [4.69, 9.17) is 11.6 Å². The maximum absolute atomic E-state index is 13.9. The maximum Gasteiger partial charge on any atom is 0.191 e. The first-order valence-electron chi connectivity index (χ1n) is 8.83. The fourth-order valence-electron chi connectivity index (χ4n) is 3.11. The highest BCUT2D eigenvalue weighted by molar-refractivity contribution is 6.31. The number of hydrogen-bond acceptors (Lipinski definition) is 3. The van der Waals surface area contributed by atoms with E-state index in [2.05, 4.69) is 20.6 Å². The summed E-state index contributed by atoms with van der Waals surface area (Å²) >= 11 is 6.05. The summed E-state index contributed by atoms with van der Waals surface area (Å²) < 4.78 is 27.0. The van der Waals surface area contributed by atoms with E-state index in [9.17, 15) is 8.78 Å². The van der Waals surface area contributed by atoms with Crippen molar-refractivity contribution < 1.29 is 8.78 Å². The second-order valence-corrected chi connectivity index (χ2v) is 6.78. The van der Waals surface area contributed by atoms with Gasteiger partial charge in [0.2, 0.25) is 0 Å². The van der Waals surface area contributed by atoms with Gasteiger partial charge in [-0.25, -0.2) is 13.8 Å². The first-order chi connectivity index (χ1) is 13.1. The van der Waals surface area contributed by atoms with Crippen molar-refractivity contribution in [3.8, 4) is 0 Å². The highest BCUT2D eigenvalue weighted by Crippen LogP contribution is 2.21. The van der Waals surface area contributed by atoms with Gasteiger partial charge in [0.15, 0.2) is 17.6 Å². The van der Waals surface area contributed by atoms with E-state index in [0.29, 0.717) is 36.3 Å². The molecule has 2 aromatic rings. The molecular weight excluding hydrogens is 372 g/mol. The molecule has 144 valence electrons. The van der Waals surface area contributed by atoms with Crippen molar-refractivity contribution in [2.45, 2.75) is 18.9 Å². The van der Waals surface area contributed by atoms with Crippen molar-refractivity contribution in [2.24, 2.45) is 4.99 Å². The van der Waals surface area contributed by atoms with Crippen LogP contribution in [0.4, 0.5) is 14.6 Å². The van der Waals surface area contributed by atoms with Gasteiger partial charge < -0.3 is 15.5 Å². The average Bonchev–Trinajstić information content (AvgIpc) is 3.11. The Morgan fingerprint density at radius 2 is 2.22 bits per heavy atom. The van der Waals surface area contributed by atoms with Gasteiger partial charge in [0.1, 0.15) is 5.82 Å². The second-order valence-electron chi connectivity index (χ2n) is 6.37. The fourth-order valence-corrected chi connectivity index (χ4v) is 3.37. The number of benzene rings is 1. The molecule has 2 N–H and O–H groups in total. The van der Waals surface area contributed by atoms with Gasteiger partial charge in [-0.15, -0.1) is 0 Å². The zero-order chi connectivity index (χ0) is 19.2. The molecule has 0 radical (unpaired) electrons. The van der Waals surface area contributed by atoms with Crippen molar-refractivity contribution in [1.82, 2.24) is 15.6 Å². The van der Waals surface area contributed by atoms with Crippen LogP contribution in [-0.4, -0.2) is 43.7 Å². The number of aliphatic imine (C=N–C) groups is 1. The summed E-state index contributed by atoms with van der Waals surface area (Å²) in [5.41, 5.74) is 0.874. The molecular formula is C19H22ClF2N5. The Labute approximate surface area is 162 Å². The first kappa shape index (κ1) is 19.4. The highest BCUT2D eigenvalue weighted by Gasteiger charge is 2.25. The maximum atomic E-state index is 13.9. The van der Waals surface area contributed by atoms with E-state index in [1.807, 2.05) is 4.90 Å². The van der Waals surface area contributed by atoms with E-state index in [0.717, 1.165) is 18.5 Å². The molecule has 8 heteroatoms. The molecule has 1 unspecified atom stereocenters. The van der Waals surface area contributed by atoms with Crippen LogP contribution in [0.1, 0.15) is 12.0 Å². The molecule has 3 rings (SSSR count). The second kappa shape index (κ2) is 8.99. The molecule has 27 heavy (non-hydrogen) atoms. The number of guanidine groups is 1. The van der Waals surface area contributed by atoms with Crippen LogP contribution in [0.2, 0.25) is 5.02 Å². The van der Waals surface area contributed by atoms with E-state index in [1.54, 1.807) is 25.4 Å². The predicted molar refractivity (Wildman–Crippen MR) is 104 cm³/mol. The van der Waals surface area contributed by atoms with Gasteiger partial charge in [-0.1, -0.05) is 17.7 Å². The van der Waals surface area contributed by atoms with E-state index >= 15 is 0 Å². The van der Waals surface area contributed by atoms with Crippen LogP contribution in [0.3, 0.4) is 0 Å². The summed E-state index contributed by atoms with van der Waals surface area (Å²) in [5, 5.41) is 7.00. The number of nitrogens with one attached hydrogen (secondary N) is 2. The molecule has 0 bridgehead atoms. The highest BCUT2D eigenvalue weighted by atomic mass is 35.5. The molecule has 1 atom stereocenters. The van der Waals surface area contributed by atoms with E-state index in [-0.39, 0.29) is 17.7 Å². The normalized spacial score (nSPS) is 17.3. The molecule has 1 fully saturated rings. The minimum atomic E-state index is -0.343. The smallest absolute Gasteiger partial charge is 0.191 e. The lowest BCUT2D eigenvalue weighted by Gasteiger charge is -2.20. The Bertz CT molecular complexity index is 814. The Morgan fingerprint density at radius 3 is 2.96 bits per heavy atom. The van der Waals surface area contributed by atoms with Crippen LogP contribution in [-0.2, 0) is 6.42 Å². The van der Waals surface area contributed by atoms with Gasteiger partial charge in [0.05, 0.1) is 0 Å². The van der Waals surface area contributed by atoms with Crippen LogP contribution < -0.4 is 15.5 Å². The standard InChI is InChI=1S/C19H22ClF2N5/c1-23-19(25-9-6-13-4-5-14(21)11-16(13)20)26-15-7-10-27(12-15)18-17(22)3-2-8-24-18/h2-5,8,11,15H,6-7,9-10,12H2,1H3,(H2,23,25,26).